The Balaban J connectivity index is 1.69. The Morgan fingerprint density at radius 1 is 1.17 bits per heavy atom. The molecule has 2 atom stereocenters. The van der Waals surface area contributed by atoms with Gasteiger partial charge in [-0.1, -0.05) is 42.5 Å². The van der Waals surface area contributed by atoms with Crippen LogP contribution in [0.2, 0.25) is 0 Å². The first-order valence-corrected chi connectivity index (χ1v) is 7.98. The Hall–Kier alpha value is -2.53. The van der Waals surface area contributed by atoms with Gasteiger partial charge in [0.2, 0.25) is 5.91 Å². The fraction of sp³-hybridized carbons (Fsp3) is 0.222. The molecular formula is C18H17ClN2O3. The van der Waals surface area contributed by atoms with Crippen LogP contribution in [0.5, 0.6) is 5.75 Å². The number of hydrogen-bond acceptors (Lipinski definition) is 3. The van der Waals surface area contributed by atoms with Gasteiger partial charge in [-0.25, -0.2) is 5.01 Å². The number of carbonyl (C=O) groups is 2. The maximum atomic E-state index is 12.2. The molecule has 0 bridgehead atoms. The van der Waals surface area contributed by atoms with Crippen molar-refractivity contribution in [1.29, 1.82) is 0 Å². The Morgan fingerprint density at radius 2 is 1.83 bits per heavy atom. The van der Waals surface area contributed by atoms with Gasteiger partial charge in [0.25, 0.3) is 5.91 Å². The van der Waals surface area contributed by atoms with Crippen LogP contribution >= 0.6 is 11.6 Å². The molecule has 1 aliphatic rings. The van der Waals surface area contributed by atoms with Crippen molar-refractivity contribution in [3.8, 4) is 5.75 Å². The lowest BCUT2D eigenvalue weighted by molar-refractivity contribution is -0.156. The first-order valence-electron chi connectivity index (χ1n) is 7.54. The quantitative estimate of drug-likeness (QED) is 0.669. The van der Waals surface area contributed by atoms with Gasteiger partial charge < -0.3 is 4.74 Å². The van der Waals surface area contributed by atoms with E-state index in [0.29, 0.717) is 0 Å². The minimum atomic E-state index is -0.685. The van der Waals surface area contributed by atoms with Gasteiger partial charge in [-0.05, 0) is 23.3 Å². The van der Waals surface area contributed by atoms with Crippen LogP contribution in [-0.2, 0) is 16.0 Å². The molecule has 0 aliphatic carbocycles. The third kappa shape index (κ3) is 3.21. The van der Waals surface area contributed by atoms with Crippen molar-refractivity contribution < 1.29 is 14.3 Å². The van der Waals surface area contributed by atoms with Gasteiger partial charge in [-0.15, -0.1) is 11.6 Å². The standard InChI is InChI=1S/C18H17ClN2O3/c1-24-14-9-7-13(8-10-14)17-16(19)18(23)21(17)20-15(22)11-12-5-3-2-4-6-12/h2-10,16-17H,11H2,1H3,(H,20,22)/t16-,17-/m1/s1. The number of amides is 2. The predicted octanol–water partition coefficient (Wildman–Crippen LogP) is 2.46. The Kier molecular flexibility index (Phi) is 4.71. The van der Waals surface area contributed by atoms with Crippen LogP contribution in [0, 0.1) is 0 Å². The zero-order chi connectivity index (χ0) is 17.1. The normalized spacial score (nSPS) is 19.6. The lowest BCUT2D eigenvalue weighted by Gasteiger charge is -2.44. The van der Waals surface area contributed by atoms with Crippen LogP contribution in [0.15, 0.2) is 54.6 Å². The number of halogens is 1. The zero-order valence-corrected chi connectivity index (χ0v) is 13.9. The number of ether oxygens (including phenoxy) is 1. The summed E-state index contributed by atoms with van der Waals surface area (Å²) in [6.07, 6.45) is 0.201. The fourth-order valence-corrected chi connectivity index (χ4v) is 3.02. The van der Waals surface area contributed by atoms with Gasteiger partial charge in [-0.2, -0.15) is 0 Å². The van der Waals surface area contributed by atoms with Crippen molar-refractivity contribution in [2.45, 2.75) is 17.8 Å². The average Bonchev–Trinajstić information content (AvgIpc) is 2.62. The lowest BCUT2D eigenvalue weighted by Crippen LogP contribution is -2.63. The third-order valence-electron chi connectivity index (χ3n) is 3.94. The van der Waals surface area contributed by atoms with E-state index in [-0.39, 0.29) is 24.3 Å². The molecule has 0 spiro atoms. The van der Waals surface area contributed by atoms with Crippen LogP contribution in [0.25, 0.3) is 0 Å². The first kappa shape index (κ1) is 16.3. The molecule has 1 fully saturated rings. The molecule has 2 aromatic carbocycles. The number of nitrogens with one attached hydrogen (secondary N) is 1. The summed E-state index contributed by atoms with van der Waals surface area (Å²) in [5.74, 6) is 0.158. The molecule has 0 aromatic heterocycles. The SMILES string of the molecule is COc1ccc([C@@H]2[C@@H](Cl)C(=O)N2NC(=O)Cc2ccccc2)cc1. The molecule has 124 valence electrons. The zero-order valence-electron chi connectivity index (χ0n) is 13.1. The van der Waals surface area contributed by atoms with Crippen LogP contribution in [0.3, 0.4) is 0 Å². The van der Waals surface area contributed by atoms with E-state index in [9.17, 15) is 9.59 Å². The third-order valence-corrected chi connectivity index (χ3v) is 4.36. The molecule has 2 amide bonds. The monoisotopic (exact) mass is 344 g/mol. The summed E-state index contributed by atoms with van der Waals surface area (Å²) < 4.78 is 5.12. The van der Waals surface area contributed by atoms with Crippen molar-refractivity contribution in [2.75, 3.05) is 7.11 Å². The van der Waals surface area contributed by atoms with Crippen LogP contribution in [0.1, 0.15) is 17.2 Å². The molecule has 24 heavy (non-hydrogen) atoms. The van der Waals surface area contributed by atoms with Crippen molar-refractivity contribution in [2.24, 2.45) is 0 Å². The fourth-order valence-electron chi connectivity index (χ4n) is 2.65. The maximum absolute atomic E-state index is 12.2. The van der Waals surface area contributed by atoms with Crippen molar-refractivity contribution in [3.05, 3.63) is 65.7 Å². The van der Waals surface area contributed by atoms with E-state index >= 15 is 0 Å². The van der Waals surface area contributed by atoms with E-state index in [1.165, 1.54) is 5.01 Å². The number of β-lactam (4-membered cyclic amide) rings is 1. The molecule has 5 nitrogen and oxygen atoms in total. The summed E-state index contributed by atoms with van der Waals surface area (Å²) in [6, 6.07) is 16.2. The summed E-state index contributed by atoms with van der Waals surface area (Å²) in [4.78, 5) is 24.2. The second-order valence-corrected chi connectivity index (χ2v) is 6.00. The van der Waals surface area contributed by atoms with Crippen LogP contribution in [0.4, 0.5) is 0 Å². The summed E-state index contributed by atoms with van der Waals surface area (Å²) in [5.41, 5.74) is 4.38. The molecule has 3 rings (SSSR count). The van der Waals surface area contributed by atoms with E-state index < -0.39 is 5.38 Å². The topological polar surface area (TPSA) is 58.6 Å². The molecule has 1 saturated heterocycles. The molecule has 0 saturated carbocycles. The van der Waals surface area contributed by atoms with Crippen LogP contribution < -0.4 is 10.2 Å². The summed E-state index contributed by atoms with van der Waals surface area (Å²) in [5, 5.41) is 0.612. The van der Waals surface area contributed by atoms with Crippen molar-refractivity contribution in [3.63, 3.8) is 0 Å². The molecule has 2 aromatic rings. The van der Waals surface area contributed by atoms with Crippen molar-refractivity contribution in [1.82, 2.24) is 10.4 Å². The second-order valence-electron chi connectivity index (χ2n) is 5.53. The Morgan fingerprint density at radius 3 is 2.46 bits per heavy atom. The highest BCUT2D eigenvalue weighted by molar-refractivity contribution is 6.33. The molecular weight excluding hydrogens is 328 g/mol. The van der Waals surface area contributed by atoms with Gasteiger partial charge >= 0.3 is 0 Å². The highest BCUT2D eigenvalue weighted by atomic mass is 35.5. The number of methoxy groups -OCH3 is 1. The van der Waals surface area contributed by atoms with E-state index in [1.807, 2.05) is 42.5 Å². The maximum Gasteiger partial charge on any atom is 0.262 e. The number of nitrogens with zero attached hydrogens (tertiary/aromatic N) is 1. The number of carbonyl (C=O) groups excluding carboxylic acids is 2. The van der Waals surface area contributed by atoms with Crippen molar-refractivity contribution >= 4 is 23.4 Å². The number of hydrogen-bond donors (Lipinski definition) is 1. The highest BCUT2D eigenvalue weighted by Crippen LogP contribution is 2.37. The summed E-state index contributed by atoms with van der Waals surface area (Å²) in [7, 11) is 1.59. The number of rotatable bonds is 5. The largest absolute Gasteiger partial charge is 0.497 e. The predicted molar refractivity (Wildman–Crippen MR) is 90.5 cm³/mol. The molecule has 0 radical (unpaired) electrons. The van der Waals surface area contributed by atoms with Gasteiger partial charge in [0.05, 0.1) is 13.5 Å². The Labute approximate surface area is 145 Å². The lowest BCUT2D eigenvalue weighted by atomic mass is 9.95. The number of benzene rings is 2. The van der Waals surface area contributed by atoms with Gasteiger partial charge in [0.1, 0.15) is 17.2 Å². The van der Waals surface area contributed by atoms with E-state index in [1.54, 1.807) is 19.2 Å². The molecule has 1 aliphatic heterocycles. The smallest absolute Gasteiger partial charge is 0.262 e. The Bertz CT molecular complexity index is 734. The molecule has 6 heteroatoms. The number of alkyl halides is 1. The minimum Gasteiger partial charge on any atom is -0.497 e. The van der Waals surface area contributed by atoms with Gasteiger partial charge in [0.15, 0.2) is 0 Å². The van der Waals surface area contributed by atoms with Crippen LogP contribution in [-0.4, -0.2) is 29.3 Å². The van der Waals surface area contributed by atoms with E-state index in [0.717, 1.165) is 16.9 Å². The second kappa shape index (κ2) is 6.93. The summed E-state index contributed by atoms with van der Waals surface area (Å²) >= 11 is 6.14. The minimum absolute atomic E-state index is 0.201. The van der Waals surface area contributed by atoms with E-state index in [2.05, 4.69) is 5.43 Å². The van der Waals surface area contributed by atoms with Gasteiger partial charge in [0, 0.05) is 0 Å². The average molecular weight is 345 g/mol. The molecule has 1 heterocycles. The highest BCUT2D eigenvalue weighted by Gasteiger charge is 2.48. The molecule has 0 unspecified atom stereocenters. The first-order chi connectivity index (χ1) is 11.6. The number of hydrazine groups is 1. The van der Waals surface area contributed by atoms with E-state index in [4.69, 9.17) is 16.3 Å². The van der Waals surface area contributed by atoms with Gasteiger partial charge in [-0.3, -0.25) is 15.0 Å². The summed E-state index contributed by atoms with van der Waals surface area (Å²) in [6.45, 7) is 0. The molecule has 1 N–H and O–H groups in total.